The van der Waals surface area contributed by atoms with Crippen LogP contribution in [-0.4, -0.2) is 23.3 Å². The average Bonchev–Trinajstić information content (AvgIpc) is 3.06. The second-order valence-electron chi connectivity index (χ2n) is 5.74. The van der Waals surface area contributed by atoms with Crippen molar-refractivity contribution < 1.29 is 19.4 Å². The molecule has 3 rings (SSSR count). The Hall–Kier alpha value is -2.04. The van der Waals surface area contributed by atoms with E-state index in [-0.39, 0.29) is 0 Å². The first kappa shape index (κ1) is 13.9. The molecule has 1 atom stereocenters. The van der Waals surface area contributed by atoms with Gasteiger partial charge in [-0.25, -0.2) is 9.59 Å². The predicted octanol–water partition coefficient (Wildman–Crippen LogP) is 2.69. The van der Waals surface area contributed by atoms with Gasteiger partial charge in [0.2, 0.25) is 0 Å². The van der Waals surface area contributed by atoms with Crippen LogP contribution in [0.1, 0.15) is 42.0 Å². The Kier molecular flexibility index (Phi) is 3.57. The lowest BCUT2D eigenvalue weighted by Crippen LogP contribution is -2.27. The summed E-state index contributed by atoms with van der Waals surface area (Å²) in [4.78, 5) is 22.7. The lowest BCUT2D eigenvalue weighted by atomic mass is 9.99. The number of carboxylic acid groups (broad SMARTS) is 1. The molecule has 0 spiro atoms. The zero-order valence-corrected chi connectivity index (χ0v) is 12.1. The molecule has 0 unspecified atom stereocenters. The number of carbonyl (C=O) groups excluding carboxylic acids is 1. The van der Waals surface area contributed by atoms with E-state index < -0.39 is 18.2 Å². The number of carbonyl (C=O) groups is 2. The Balaban J connectivity index is 1.85. The molecular formula is C16H19NO4. The standard InChI is InChI=1S/C16H19NO4/c1-9(15(18)19)21-16(20)17-14-12-6-2-4-10(12)8-11-5-3-7-13(11)14/h8-9H,2-7H2,1H3,(H,17,20)(H,18,19)/t9-/m0/s1. The van der Waals surface area contributed by atoms with Crippen LogP contribution in [0.15, 0.2) is 6.07 Å². The number of anilines is 1. The van der Waals surface area contributed by atoms with E-state index in [4.69, 9.17) is 9.84 Å². The molecule has 112 valence electrons. The van der Waals surface area contributed by atoms with Crippen molar-refractivity contribution in [3.8, 4) is 0 Å². The summed E-state index contributed by atoms with van der Waals surface area (Å²) in [6.45, 7) is 1.35. The van der Waals surface area contributed by atoms with Gasteiger partial charge >= 0.3 is 12.1 Å². The second-order valence-corrected chi connectivity index (χ2v) is 5.74. The summed E-state index contributed by atoms with van der Waals surface area (Å²) in [5, 5.41) is 11.6. The number of hydrogen-bond acceptors (Lipinski definition) is 3. The van der Waals surface area contributed by atoms with E-state index in [2.05, 4.69) is 11.4 Å². The van der Waals surface area contributed by atoms with Crippen molar-refractivity contribution >= 4 is 17.7 Å². The molecule has 0 heterocycles. The van der Waals surface area contributed by atoms with Crippen molar-refractivity contribution in [2.24, 2.45) is 0 Å². The van der Waals surface area contributed by atoms with E-state index in [1.807, 2.05) is 0 Å². The smallest absolute Gasteiger partial charge is 0.412 e. The number of nitrogens with one attached hydrogen (secondary N) is 1. The Bertz CT molecular complexity index is 577. The van der Waals surface area contributed by atoms with Gasteiger partial charge in [0.1, 0.15) is 0 Å². The van der Waals surface area contributed by atoms with E-state index >= 15 is 0 Å². The number of aliphatic carboxylic acids is 1. The molecule has 1 amide bonds. The highest BCUT2D eigenvalue weighted by atomic mass is 16.6. The van der Waals surface area contributed by atoms with Crippen molar-refractivity contribution in [3.05, 3.63) is 28.3 Å². The molecule has 0 radical (unpaired) electrons. The maximum Gasteiger partial charge on any atom is 0.412 e. The van der Waals surface area contributed by atoms with Crippen molar-refractivity contribution in [2.45, 2.75) is 51.6 Å². The maximum atomic E-state index is 11.9. The summed E-state index contributed by atoms with van der Waals surface area (Å²) in [7, 11) is 0. The summed E-state index contributed by atoms with van der Waals surface area (Å²) in [6.07, 6.45) is 4.42. The Morgan fingerprint density at radius 3 is 2.24 bits per heavy atom. The molecule has 2 aliphatic rings. The molecule has 0 saturated heterocycles. The molecule has 0 saturated carbocycles. The molecule has 0 bridgehead atoms. The van der Waals surface area contributed by atoms with Gasteiger partial charge < -0.3 is 9.84 Å². The molecule has 2 aliphatic carbocycles. The van der Waals surface area contributed by atoms with Crippen LogP contribution < -0.4 is 5.32 Å². The molecule has 0 aliphatic heterocycles. The van der Waals surface area contributed by atoms with E-state index in [0.717, 1.165) is 44.2 Å². The molecule has 5 heteroatoms. The number of amides is 1. The minimum atomic E-state index is -1.14. The van der Waals surface area contributed by atoms with Gasteiger partial charge in [-0.3, -0.25) is 5.32 Å². The molecule has 0 aromatic heterocycles. The molecular weight excluding hydrogens is 270 g/mol. The topological polar surface area (TPSA) is 75.6 Å². The van der Waals surface area contributed by atoms with E-state index in [1.54, 1.807) is 0 Å². The van der Waals surface area contributed by atoms with Crippen LogP contribution in [0.3, 0.4) is 0 Å². The summed E-state index contributed by atoms with van der Waals surface area (Å²) in [5.74, 6) is -1.14. The van der Waals surface area contributed by atoms with Crippen LogP contribution in [0.2, 0.25) is 0 Å². The molecule has 2 N–H and O–H groups in total. The second kappa shape index (κ2) is 5.39. The van der Waals surface area contributed by atoms with Crippen LogP contribution >= 0.6 is 0 Å². The highest BCUT2D eigenvalue weighted by molar-refractivity contribution is 5.89. The lowest BCUT2D eigenvalue weighted by Gasteiger charge is -2.17. The van der Waals surface area contributed by atoms with E-state index in [9.17, 15) is 9.59 Å². The first-order chi connectivity index (χ1) is 10.1. The maximum absolute atomic E-state index is 11.9. The summed E-state index contributed by atoms with van der Waals surface area (Å²) in [6, 6.07) is 2.28. The van der Waals surface area contributed by atoms with Gasteiger partial charge in [0.05, 0.1) is 5.69 Å². The first-order valence-electron chi connectivity index (χ1n) is 7.43. The molecule has 1 aromatic rings. The third kappa shape index (κ3) is 2.60. The van der Waals surface area contributed by atoms with E-state index in [0.29, 0.717) is 0 Å². The predicted molar refractivity (Wildman–Crippen MR) is 77.7 cm³/mol. The third-order valence-electron chi connectivity index (χ3n) is 4.33. The average molecular weight is 289 g/mol. The summed E-state index contributed by atoms with van der Waals surface area (Å²) >= 11 is 0. The van der Waals surface area contributed by atoms with Crippen molar-refractivity contribution in [1.82, 2.24) is 0 Å². The van der Waals surface area contributed by atoms with Crippen LogP contribution in [0.25, 0.3) is 0 Å². The fourth-order valence-electron chi connectivity index (χ4n) is 3.31. The molecule has 0 fully saturated rings. The van der Waals surface area contributed by atoms with E-state index in [1.165, 1.54) is 29.2 Å². The third-order valence-corrected chi connectivity index (χ3v) is 4.33. The van der Waals surface area contributed by atoms with Crippen molar-refractivity contribution in [1.29, 1.82) is 0 Å². The number of carboxylic acids is 1. The van der Waals surface area contributed by atoms with Gasteiger partial charge in [-0.2, -0.15) is 0 Å². The number of hydrogen-bond donors (Lipinski definition) is 2. The Morgan fingerprint density at radius 1 is 1.14 bits per heavy atom. The minimum Gasteiger partial charge on any atom is -0.479 e. The number of rotatable bonds is 3. The largest absolute Gasteiger partial charge is 0.479 e. The van der Waals surface area contributed by atoms with Gasteiger partial charge in [-0.15, -0.1) is 0 Å². The quantitative estimate of drug-likeness (QED) is 0.897. The van der Waals surface area contributed by atoms with Gasteiger partial charge in [0.25, 0.3) is 0 Å². The van der Waals surface area contributed by atoms with Gasteiger partial charge in [-0.05, 0) is 67.7 Å². The lowest BCUT2D eigenvalue weighted by molar-refractivity contribution is -0.145. The molecule has 21 heavy (non-hydrogen) atoms. The normalized spacial score (nSPS) is 17.0. The van der Waals surface area contributed by atoms with Crippen LogP contribution in [0, 0.1) is 0 Å². The number of aryl methyl sites for hydroxylation is 2. The molecule has 5 nitrogen and oxygen atoms in total. The fraction of sp³-hybridized carbons (Fsp3) is 0.500. The van der Waals surface area contributed by atoms with Crippen molar-refractivity contribution in [2.75, 3.05) is 5.32 Å². The number of ether oxygens (including phenoxy) is 1. The monoisotopic (exact) mass is 289 g/mol. The zero-order valence-electron chi connectivity index (χ0n) is 12.1. The Labute approximate surface area is 123 Å². The molecule has 1 aromatic carbocycles. The first-order valence-corrected chi connectivity index (χ1v) is 7.43. The van der Waals surface area contributed by atoms with Gasteiger partial charge in [-0.1, -0.05) is 6.07 Å². The SMILES string of the molecule is C[C@H](OC(=O)Nc1c2c(cc3c1CCC3)CCC2)C(=O)O. The van der Waals surface area contributed by atoms with Gasteiger partial charge in [0.15, 0.2) is 6.10 Å². The van der Waals surface area contributed by atoms with Crippen LogP contribution in [0.5, 0.6) is 0 Å². The van der Waals surface area contributed by atoms with Crippen LogP contribution in [0.4, 0.5) is 10.5 Å². The van der Waals surface area contributed by atoms with Crippen molar-refractivity contribution in [3.63, 3.8) is 0 Å². The fourth-order valence-corrected chi connectivity index (χ4v) is 3.31. The summed E-state index contributed by atoms with van der Waals surface area (Å²) < 4.78 is 4.89. The highest BCUT2D eigenvalue weighted by Gasteiger charge is 2.26. The number of fused-ring (bicyclic) bond motifs is 2. The highest BCUT2D eigenvalue weighted by Crippen LogP contribution is 2.38. The minimum absolute atomic E-state index is 0.681. The number of benzene rings is 1. The zero-order chi connectivity index (χ0) is 15.0. The summed E-state index contributed by atoms with van der Waals surface area (Å²) in [5.41, 5.74) is 5.92. The van der Waals surface area contributed by atoms with Crippen LogP contribution in [-0.2, 0) is 35.2 Å². The van der Waals surface area contributed by atoms with Gasteiger partial charge in [0, 0.05) is 0 Å². The Morgan fingerprint density at radius 2 is 1.71 bits per heavy atom.